The van der Waals surface area contributed by atoms with Crippen LogP contribution in [0.1, 0.15) is 17.5 Å². The highest BCUT2D eigenvalue weighted by molar-refractivity contribution is 5.50. The van der Waals surface area contributed by atoms with E-state index >= 15 is 0 Å². The summed E-state index contributed by atoms with van der Waals surface area (Å²) in [5.74, 6) is 0. The van der Waals surface area contributed by atoms with Gasteiger partial charge in [0.2, 0.25) is 0 Å². The van der Waals surface area contributed by atoms with Crippen molar-refractivity contribution < 1.29 is 9.53 Å². The molecule has 0 N–H and O–H groups in total. The van der Waals surface area contributed by atoms with Crippen molar-refractivity contribution in [3.63, 3.8) is 0 Å². The maximum absolute atomic E-state index is 10.1. The fourth-order valence-electron chi connectivity index (χ4n) is 1.19. The molecule has 0 heterocycles. The quantitative estimate of drug-likeness (QED) is 0.644. The summed E-state index contributed by atoms with van der Waals surface area (Å²) in [4.78, 5) is 10.1. The third-order valence-electron chi connectivity index (χ3n) is 1.88. The largest absolute Gasteiger partial charge is 0.380 e. The van der Waals surface area contributed by atoms with Crippen LogP contribution in [0.3, 0.4) is 0 Å². The average Bonchev–Trinajstić information content (AvgIpc) is 2.17. The summed E-state index contributed by atoms with van der Waals surface area (Å²) in [5.41, 5.74) is 2.37. The lowest BCUT2D eigenvalue weighted by Gasteiger charge is -2.01. The van der Waals surface area contributed by atoms with Crippen molar-refractivity contribution in [2.75, 3.05) is 7.11 Å². The van der Waals surface area contributed by atoms with Crippen LogP contribution in [0.25, 0.3) is 0 Å². The van der Waals surface area contributed by atoms with E-state index < -0.39 is 0 Å². The Bertz CT molecular complexity index is 251. The van der Waals surface area contributed by atoms with E-state index in [-0.39, 0.29) is 0 Å². The lowest BCUT2D eigenvalue weighted by Crippen LogP contribution is -1.89. The molecule has 2 heteroatoms. The van der Waals surface area contributed by atoms with E-state index in [1.54, 1.807) is 7.11 Å². The normalized spacial score (nSPS) is 9.92. The summed E-state index contributed by atoms with van der Waals surface area (Å²) in [6.45, 7) is 0.647. The van der Waals surface area contributed by atoms with Crippen LogP contribution in [0, 0.1) is 0 Å². The topological polar surface area (TPSA) is 26.3 Å². The highest BCUT2D eigenvalue weighted by atomic mass is 16.5. The number of benzene rings is 1. The molecule has 0 unspecified atom stereocenters. The van der Waals surface area contributed by atoms with Crippen LogP contribution >= 0.6 is 0 Å². The van der Waals surface area contributed by atoms with Gasteiger partial charge in [0.1, 0.15) is 6.29 Å². The second kappa shape index (κ2) is 5.49. The smallest absolute Gasteiger partial charge is 0.120 e. The van der Waals surface area contributed by atoms with Gasteiger partial charge in [0, 0.05) is 13.5 Å². The molecule has 0 aliphatic rings. The van der Waals surface area contributed by atoms with Crippen LogP contribution in [-0.2, 0) is 22.6 Å². The summed E-state index contributed by atoms with van der Waals surface area (Å²) in [5, 5.41) is 0. The van der Waals surface area contributed by atoms with E-state index in [1.165, 1.54) is 5.56 Å². The van der Waals surface area contributed by atoms with E-state index in [2.05, 4.69) is 0 Å². The number of carbonyl (C=O) groups excluding carboxylic acids is 1. The van der Waals surface area contributed by atoms with Crippen LogP contribution < -0.4 is 0 Å². The first-order chi connectivity index (χ1) is 6.36. The Labute approximate surface area is 78.5 Å². The third kappa shape index (κ3) is 3.38. The number of aryl methyl sites for hydroxylation is 1. The zero-order chi connectivity index (χ0) is 9.52. The standard InChI is InChI=1S/C11H14O2/c1-13-9-11-6-4-10(5-7-11)3-2-8-12/h4-8H,2-3,9H2,1H3. The number of ether oxygens (including phenoxy) is 1. The van der Waals surface area contributed by atoms with Gasteiger partial charge in [-0.15, -0.1) is 0 Å². The Balaban J connectivity index is 2.53. The summed E-state index contributed by atoms with van der Waals surface area (Å²) < 4.78 is 4.99. The molecule has 0 atom stereocenters. The van der Waals surface area contributed by atoms with Crippen LogP contribution in [0.5, 0.6) is 0 Å². The van der Waals surface area contributed by atoms with E-state index in [1.807, 2.05) is 24.3 Å². The number of methoxy groups -OCH3 is 1. The molecule has 0 saturated heterocycles. The molecule has 0 spiro atoms. The van der Waals surface area contributed by atoms with Gasteiger partial charge in [0.25, 0.3) is 0 Å². The Morgan fingerprint density at radius 3 is 2.38 bits per heavy atom. The molecule has 0 aromatic heterocycles. The minimum Gasteiger partial charge on any atom is -0.380 e. The number of hydrogen-bond acceptors (Lipinski definition) is 2. The van der Waals surface area contributed by atoms with Gasteiger partial charge in [-0.3, -0.25) is 0 Å². The molecule has 0 amide bonds. The lowest BCUT2D eigenvalue weighted by molar-refractivity contribution is -0.107. The van der Waals surface area contributed by atoms with Gasteiger partial charge >= 0.3 is 0 Å². The highest BCUT2D eigenvalue weighted by Gasteiger charge is 1.93. The van der Waals surface area contributed by atoms with Gasteiger partial charge in [0.05, 0.1) is 6.61 Å². The Hall–Kier alpha value is -1.15. The van der Waals surface area contributed by atoms with E-state index in [4.69, 9.17) is 4.74 Å². The van der Waals surface area contributed by atoms with Crippen molar-refractivity contribution in [3.8, 4) is 0 Å². The van der Waals surface area contributed by atoms with Crippen molar-refractivity contribution in [1.82, 2.24) is 0 Å². The van der Waals surface area contributed by atoms with Crippen molar-refractivity contribution in [3.05, 3.63) is 35.4 Å². The Kier molecular flexibility index (Phi) is 4.19. The first-order valence-electron chi connectivity index (χ1n) is 4.37. The number of aldehydes is 1. The number of rotatable bonds is 5. The molecule has 70 valence electrons. The number of carbonyl (C=O) groups is 1. The maximum atomic E-state index is 10.1. The van der Waals surface area contributed by atoms with Gasteiger partial charge in [-0.2, -0.15) is 0 Å². The van der Waals surface area contributed by atoms with Crippen LogP contribution in [0.4, 0.5) is 0 Å². The molecule has 0 saturated carbocycles. The molecule has 0 aliphatic carbocycles. The Morgan fingerprint density at radius 2 is 1.85 bits per heavy atom. The van der Waals surface area contributed by atoms with Crippen molar-refractivity contribution in [1.29, 1.82) is 0 Å². The SMILES string of the molecule is COCc1ccc(CCC=O)cc1. The molecule has 2 nitrogen and oxygen atoms in total. The number of hydrogen-bond donors (Lipinski definition) is 0. The van der Waals surface area contributed by atoms with Gasteiger partial charge in [-0.1, -0.05) is 24.3 Å². The molecule has 1 rings (SSSR count). The molecule has 0 bridgehead atoms. The average molecular weight is 178 g/mol. The molecule has 0 radical (unpaired) electrons. The fraction of sp³-hybridized carbons (Fsp3) is 0.364. The second-order valence-electron chi connectivity index (χ2n) is 2.95. The highest BCUT2D eigenvalue weighted by Crippen LogP contribution is 2.06. The predicted octanol–water partition coefficient (Wildman–Crippen LogP) is 1.96. The molecule has 0 aliphatic heterocycles. The summed E-state index contributed by atoms with van der Waals surface area (Å²) in [6, 6.07) is 8.14. The zero-order valence-corrected chi connectivity index (χ0v) is 7.82. The second-order valence-corrected chi connectivity index (χ2v) is 2.95. The lowest BCUT2D eigenvalue weighted by atomic mass is 10.1. The molecule has 1 aromatic rings. The summed E-state index contributed by atoms with van der Waals surface area (Å²) in [6.07, 6.45) is 2.38. The molecule has 13 heavy (non-hydrogen) atoms. The van der Waals surface area contributed by atoms with Crippen LogP contribution in [0.2, 0.25) is 0 Å². The van der Waals surface area contributed by atoms with Crippen molar-refractivity contribution >= 4 is 6.29 Å². The van der Waals surface area contributed by atoms with Crippen molar-refractivity contribution in [2.45, 2.75) is 19.4 Å². The minimum atomic E-state index is 0.601. The molecule has 1 aromatic carbocycles. The first-order valence-corrected chi connectivity index (χ1v) is 4.37. The van der Waals surface area contributed by atoms with Gasteiger partial charge in [-0.25, -0.2) is 0 Å². The maximum Gasteiger partial charge on any atom is 0.120 e. The first kappa shape index (κ1) is 9.93. The van der Waals surface area contributed by atoms with Crippen LogP contribution in [-0.4, -0.2) is 13.4 Å². The zero-order valence-electron chi connectivity index (χ0n) is 7.82. The molecule has 0 fully saturated rings. The van der Waals surface area contributed by atoms with E-state index in [0.29, 0.717) is 13.0 Å². The molecular weight excluding hydrogens is 164 g/mol. The van der Waals surface area contributed by atoms with Crippen LogP contribution in [0.15, 0.2) is 24.3 Å². The van der Waals surface area contributed by atoms with Gasteiger partial charge in [-0.05, 0) is 17.5 Å². The monoisotopic (exact) mass is 178 g/mol. The summed E-state index contributed by atoms with van der Waals surface area (Å²) >= 11 is 0. The summed E-state index contributed by atoms with van der Waals surface area (Å²) in [7, 11) is 1.68. The van der Waals surface area contributed by atoms with Gasteiger partial charge < -0.3 is 9.53 Å². The predicted molar refractivity (Wildman–Crippen MR) is 51.5 cm³/mol. The molecular formula is C11H14O2. The van der Waals surface area contributed by atoms with E-state index in [0.717, 1.165) is 18.3 Å². The fourth-order valence-corrected chi connectivity index (χ4v) is 1.19. The Morgan fingerprint density at radius 1 is 1.23 bits per heavy atom. The van der Waals surface area contributed by atoms with Crippen molar-refractivity contribution in [2.24, 2.45) is 0 Å². The van der Waals surface area contributed by atoms with Gasteiger partial charge in [0.15, 0.2) is 0 Å². The minimum absolute atomic E-state index is 0.601. The van der Waals surface area contributed by atoms with E-state index in [9.17, 15) is 4.79 Å². The third-order valence-corrected chi connectivity index (χ3v) is 1.88.